The van der Waals surface area contributed by atoms with Crippen LogP contribution in [0.4, 0.5) is 0 Å². The van der Waals surface area contributed by atoms with Crippen LogP contribution < -0.4 is 20.9 Å². The number of hydrogen-bond donors (Lipinski definition) is 3. The van der Waals surface area contributed by atoms with E-state index >= 15 is 0 Å². The molecule has 0 radical (unpaired) electrons. The number of aromatic nitrogens is 2. The van der Waals surface area contributed by atoms with Crippen molar-refractivity contribution in [3.8, 4) is 5.75 Å². The predicted molar refractivity (Wildman–Crippen MR) is 130 cm³/mol. The number of carbonyl (C=O) groups is 1. The van der Waals surface area contributed by atoms with Crippen LogP contribution in [-0.2, 0) is 23.4 Å². The lowest BCUT2D eigenvalue weighted by Gasteiger charge is -2.26. The van der Waals surface area contributed by atoms with E-state index in [1.165, 1.54) is 26.0 Å². The van der Waals surface area contributed by atoms with Gasteiger partial charge in [0.1, 0.15) is 28.8 Å². The van der Waals surface area contributed by atoms with Gasteiger partial charge in [-0.2, -0.15) is 5.09 Å². The van der Waals surface area contributed by atoms with Gasteiger partial charge in [-0.15, -0.1) is 11.6 Å². The van der Waals surface area contributed by atoms with Crippen LogP contribution in [0.2, 0.25) is 0 Å². The molecule has 3 N–H and O–H groups in total. The van der Waals surface area contributed by atoms with Crippen molar-refractivity contribution in [1.82, 2.24) is 14.6 Å². The average molecular weight is 547 g/mol. The Kier molecular flexibility index (Phi) is 8.34. The van der Waals surface area contributed by atoms with Gasteiger partial charge in [-0.3, -0.25) is 23.7 Å². The molecule has 1 fully saturated rings. The summed E-state index contributed by atoms with van der Waals surface area (Å²) in [5.41, 5.74) is -1.54. The molecule has 0 aliphatic carbocycles. The Morgan fingerprint density at radius 1 is 1.33 bits per heavy atom. The van der Waals surface area contributed by atoms with Crippen LogP contribution in [0.15, 0.2) is 52.2 Å². The Hall–Kier alpha value is -2.47. The Labute approximate surface area is 213 Å². The smallest absolute Gasteiger partial charge is 0.459 e. The quantitative estimate of drug-likeness (QED) is 0.228. The first-order chi connectivity index (χ1) is 17.2. The number of alkyl halides is 1. The van der Waals surface area contributed by atoms with Crippen LogP contribution in [0, 0.1) is 0 Å². The summed E-state index contributed by atoms with van der Waals surface area (Å²) in [7, 11) is -4.39. The Morgan fingerprint density at radius 2 is 2.00 bits per heavy atom. The Bertz CT molecular complexity index is 1270. The molecule has 1 aliphatic heterocycles. The zero-order valence-electron chi connectivity index (χ0n) is 21.0. The van der Waals surface area contributed by atoms with Crippen LogP contribution in [-0.4, -0.2) is 56.4 Å². The second-order valence-electron chi connectivity index (χ2n) is 8.52. The SMILES string of the molecule is [2H][C@]1(CO[P@@](=O)(N[C@@H](C)C(=O)OC(C)C)Oc2ccccc2)O[C@@H](n2ccc(=O)[nH]c2=O)[C@](C)(Cl)[C@@H]1O. The average Bonchev–Trinajstić information content (AvgIpc) is 2.98. The predicted octanol–water partition coefficient (Wildman–Crippen LogP) is 1.93. The van der Waals surface area contributed by atoms with Crippen LogP contribution in [0.1, 0.15) is 35.3 Å². The van der Waals surface area contributed by atoms with Crippen molar-refractivity contribution in [2.24, 2.45) is 0 Å². The molecule has 12 nitrogen and oxygen atoms in total. The molecule has 198 valence electrons. The van der Waals surface area contributed by atoms with Crippen molar-refractivity contribution in [3.63, 3.8) is 0 Å². The molecule has 2 aromatic rings. The lowest BCUT2D eigenvalue weighted by molar-refractivity contribution is -0.149. The molecule has 1 aliphatic rings. The van der Waals surface area contributed by atoms with E-state index in [0.29, 0.717) is 0 Å². The molecular formula is C22H29ClN3O9P. The first kappa shape index (κ1) is 26.6. The summed E-state index contributed by atoms with van der Waals surface area (Å²) in [5.74, 6) is -0.589. The molecule has 6 atom stereocenters. The number of hydrogen-bond acceptors (Lipinski definition) is 9. The fourth-order valence-electron chi connectivity index (χ4n) is 3.31. The normalized spacial score (nSPS) is 28.8. The number of aliphatic hydroxyl groups is 1. The van der Waals surface area contributed by atoms with Crippen LogP contribution in [0.25, 0.3) is 0 Å². The number of nitrogens with zero attached hydrogens (tertiary/aromatic N) is 1. The number of ether oxygens (including phenoxy) is 2. The van der Waals surface area contributed by atoms with E-state index in [-0.39, 0.29) is 5.75 Å². The van der Waals surface area contributed by atoms with Gasteiger partial charge in [0, 0.05) is 12.3 Å². The van der Waals surface area contributed by atoms with Gasteiger partial charge >= 0.3 is 19.4 Å². The number of H-pyrrole nitrogens is 1. The molecule has 2 heterocycles. The molecule has 1 aromatic carbocycles. The van der Waals surface area contributed by atoms with E-state index in [0.717, 1.165) is 16.8 Å². The summed E-state index contributed by atoms with van der Waals surface area (Å²) < 4.78 is 45.1. The van der Waals surface area contributed by atoms with E-state index in [9.17, 15) is 24.1 Å². The molecule has 1 aromatic heterocycles. The highest BCUT2D eigenvalue weighted by atomic mass is 35.5. The lowest BCUT2D eigenvalue weighted by Crippen LogP contribution is -2.43. The number of nitrogens with one attached hydrogen (secondary N) is 2. The largest absolute Gasteiger partial charge is 0.462 e. The first-order valence-corrected chi connectivity index (χ1v) is 12.9. The summed E-state index contributed by atoms with van der Waals surface area (Å²) in [6, 6.07) is 7.86. The molecule has 0 amide bonds. The van der Waals surface area contributed by atoms with Crippen LogP contribution >= 0.6 is 19.3 Å². The maximum atomic E-state index is 13.7. The van der Waals surface area contributed by atoms with Crippen molar-refractivity contribution in [1.29, 1.82) is 0 Å². The van der Waals surface area contributed by atoms with Crippen molar-refractivity contribution in [2.75, 3.05) is 6.61 Å². The fraction of sp³-hybridized carbons (Fsp3) is 0.500. The third-order valence-corrected chi connectivity index (χ3v) is 7.11. The van der Waals surface area contributed by atoms with Gasteiger partial charge in [0.2, 0.25) is 0 Å². The highest BCUT2D eigenvalue weighted by Crippen LogP contribution is 2.48. The third kappa shape index (κ3) is 6.64. The minimum Gasteiger partial charge on any atom is -0.462 e. The van der Waals surface area contributed by atoms with Crippen LogP contribution in [0.5, 0.6) is 5.75 Å². The monoisotopic (exact) mass is 546 g/mol. The highest BCUT2D eigenvalue weighted by molar-refractivity contribution is 7.52. The fourth-order valence-corrected chi connectivity index (χ4v) is 5.04. The molecule has 0 saturated carbocycles. The second kappa shape index (κ2) is 11.3. The van der Waals surface area contributed by atoms with Gasteiger partial charge in [0.05, 0.1) is 14.1 Å². The van der Waals surface area contributed by atoms with Crippen molar-refractivity contribution in [3.05, 3.63) is 63.4 Å². The number of halogens is 1. The Morgan fingerprint density at radius 3 is 2.61 bits per heavy atom. The molecule has 0 bridgehead atoms. The highest BCUT2D eigenvalue weighted by Gasteiger charge is 2.54. The van der Waals surface area contributed by atoms with E-state index in [4.69, 9.17) is 31.5 Å². The number of para-hydroxylation sites is 1. The molecule has 3 rings (SSSR count). The number of aromatic amines is 1. The third-order valence-electron chi connectivity index (χ3n) is 5.09. The number of aliphatic hydroxyl groups excluding tert-OH is 1. The van der Waals surface area contributed by atoms with E-state index < -0.39 is 67.0 Å². The number of esters is 1. The topological polar surface area (TPSA) is 158 Å². The number of rotatable bonds is 10. The van der Waals surface area contributed by atoms with Gasteiger partial charge < -0.3 is 19.1 Å². The summed E-state index contributed by atoms with van der Waals surface area (Å²) in [6.45, 7) is 5.17. The molecule has 0 unspecified atom stereocenters. The van der Waals surface area contributed by atoms with Crippen molar-refractivity contribution >= 4 is 25.3 Å². The van der Waals surface area contributed by atoms with Crippen molar-refractivity contribution < 1.29 is 34.4 Å². The maximum absolute atomic E-state index is 13.7. The molecule has 0 spiro atoms. The van der Waals surface area contributed by atoms with E-state index in [1.807, 2.05) is 4.98 Å². The molecule has 14 heteroatoms. The van der Waals surface area contributed by atoms with Gasteiger partial charge in [-0.05, 0) is 39.8 Å². The van der Waals surface area contributed by atoms with E-state index in [1.54, 1.807) is 32.0 Å². The van der Waals surface area contributed by atoms with Crippen LogP contribution in [0.3, 0.4) is 0 Å². The lowest BCUT2D eigenvalue weighted by atomic mass is 10.0. The summed E-state index contributed by atoms with van der Waals surface area (Å²) >= 11 is 6.49. The zero-order valence-corrected chi connectivity index (χ0v) is 21.7. The maximum Gasteiger partial charge on any atom is 0.459 e. The molecule has 36 heavy (non-hydrogen) atoms. The molecular weight excluding hydrogens is 517 g/mol. The summed E-state index contributed by atoms with van der Waals surface area (Å²) in [5, 5.41) is 13.3. The number of carbonyl (C=O) groups excluding carboxylic acids is 1. The van der Waals surface area contributed by atoms with Gasteiger partial charge in [-0.1, -0.05) is 18.2 Å². The summed E-state index contributed by atoms with van der Waals surface area (Å²) in [6.07, 6.45) is -4.83. The Balaban J connectivity index is 1.86. The van der Waals surface area contributed by atoms with Crippen molar-refractivity contribution in [2.45, 2.75) is 63.1 Å². The van der Waals surface area contributed by atoms with E-state index in [2.05, 4.69) is 5.09 Å². The zero-order chi connectivity index (χ0) is 27.6. The number of benzene rings is 1. The minimum atomic E-state index is -4.39. The second-order valence-corrected chi connectivity index (χ2v) is 11.0. The summed E-state index contributed by atoms with van der Waals surface area (Å²) in [4.78, 5) is 36.3. The standard InChI is InChI=1S/C22H29ClN3O9P/c1-13(2)33-19(29)14(3)25-36(31,35-15-8-6-5-7-9-15)32-12-16-18(28)22(4,23)20(34-16)26-11-10-17(27)24-21(26)30/h5-11,13-14,16,18,20,28H,12H2,1-4H3,(H,25,31)(H,24,27,30)/t14-,16+,18+,20+,22+,36-/m0/s1/i16D. The molecule has 1 saturated heterocycles. The van der Waals surface area contributed by atoms with Gasteiger partial charge in [0.25, 0.3) is 5.56 Å². The first-order valence-electron chi connectivity index (χ1n) is 11.5. The minimum absolute atomic E-state index is 0.134. The van der Waals surface area contributed by atoms with Gasteiger partial charge in [-0.25, -0.2) is 9.36 Å². The van der Waals surface area contributed by atoms with Gasteiger partial charge in [0.15, 0.2) is 6.23 Å².